The number of hydrogen-bond donors (Lipinski definition) is 1. The van der Waals surface area contributed by atoms with Crippen LogP contribution in [0.5, 0.6) is 5.75 Å². The summed E-state index contributed by atoms with van der Waals surface area (Å²) in [6, 6.07) is 5.01. The van der Waals surface area contributed by atoms with E-state index in [1.165, 1.54) is 0 Å². The molecule has 0 aliphatic rings. The summed E-state index contributed by atoms with van der Waals surface area (Å²) in [4.78, 5) is 0. The van der Waals surface area contributed by atoms with Crippen LogP contribution in [0.15, 0.2) is 18.2 Å². The molecule has 0 aliphatic heterocycles. The van der Waals surface area contributed by atoms with Crippen LogP contribution in [0.2, 0.25) is 0 Å². The van der Waals surface area contributed by atoms with Gasteiger partial charge in [0.1, 0.15) is 5.75 Å². The number of alkyl halides is 3. The first-order chi connectivity index (χ1) is 5.88. The number of rotatable bonds is 1. The average Bonchev–Trinajstić information content (AvgIpc) is 1.94. The third-order valence-corrected chi connectivity index (χ3v) is 2.12. The van der Waals surface area contributed by atoms with E-state index in [4.69, 9.17) is 34.8 Å². The van der Waals surface area contributed by atoms with E-state index >= 15 is 0 Å². The minimum absolute atomic E-state index is 0.190. The van der Waals surface area contributed by atoms with Gasteiger partial charge in [-0.2, -0.15) is 0 Å². The van der Waals surface area contributed by atoms with Crippen molar-refractivity contribution < 1.29 is 5.11 Å². The predicted octanol–water partition coefficient (Wildman–Crippen LogP) is 3.61. The smallest absolute Gasteiger partial charge is 0.194 e. The maximum Gasteiger partial charge on any atom is 0.194 e. The lowest BCUT2D eigenvalue weighted by atomic mass is 10.1. The van der Waals surface area contributed by atoms with Crippen LogP contribution >= 0.6 is 34.8 Å². The highest BCUT2D eigenvalue weighted by Crippen LogP contribution is 2.32. The summed E-state index contributed by atoms with van der Waals surface area (Å²) in [6.45, 7) is 1.91. The van der Waals surface area contributed by atoms with E-state index < -0.39 is 3.79 Å². The van der Waals surface area contributed by atoms with Gasteiger partial charge in [-0.3, -0.25) is 0 Å². The zero-order valence-corrected chi connectivity index (χ0v) is 9.29. The number of hydrogen-bond acceptors (Lipinski definition) is 1. The summed E-state index contributed by atoms with van der Waals surface area (Å²) in [5.41, 5.74) is 1.85. The van der Waals surface area contributed by atoms with Crippen LogP contribution in [0.1, 0.15) is 11.1 Å². The van der Waals surface area contributed by atoms with Gasteiger partial charge in [-0.05, 0) is 30.2 Å². The monoisotopic (exact) mass is 238 g/mol. The summed E-state index contributed by atoms with van der Waals surface area (Å²) in [5, 5.41) is 9.21. The quantitative estimate of drug-likeness (QED) is 0.742. The molecule has 4 heteroatoms. The third kappa shape index (κ3) is 3.63. The van der Waals surface area contributed by atoms with Crippen molar-refractivity contribution in [3.8, 4) is 5.75 Å². The lowest BCUT2D eigenvalue weighted by Crippen LogP contribution is -2.07. The second-order valence-corrected chi connectivity index (χ2v) is 5.42. The summed E-state index contributed by atoms with van der Waals surface area (Å²) in [5.74, 6) is 0.190. The first-order valence-electron chi connectivity index (χ1n) is 3.74. The zero-order chi connectivity index (χ0) is 10.1. The average molecular weight is 240 g/mol. The maximum atomic E-state index is 9.21. The van der Waals surface area contributed by atoms with Crippen LogP contribution < -0.4 is 0 Å². The molecule has 1 nitrogen and oxygen atoms in total. The molecule has 1 aromatic rings. The molecule has 0 saturated carbocycles. The number of benzene rings is 1. The minimum atomic E-state index is -1.31. The topological polar surface area (TPSA) is 20.2 Å². The van der Waals surface area contributed by atoms with Gasteiger partial charge in [0.05, 0.1) is 0 Å². The van der Waals surface area contributed by atoms with Crippen molar-refractivity contribution in [1.29, 1.82) is 0 Å². The molecule has 1 aromatic carbocycles. The van der Waals surface area contributed by atoms with E-state index in [-0.39, 0.29) is 5.75 Å². The van der Waals surface area contributed by atoms with Crippen LogP contribution in [0.3, 0.4) is 0 Å². The number of halogens is 3. The molecule has 0 aliphatic carbocycles. The zero-order valence-electron chi connectivity index (χ0n) is 7.02. The SMILES string of the molecule is Cc1ccc(O)cc1CC(Cl)(Cl)Cl. The highest BCUT2D eigenvalue weighted by Gasteiger charge is 2.21. The van der Waals surface area contributed by atoms with Gasteiger partial charge in [-0.15, -0.1) is 0 Å². The Hall–Kier alpha value is -0.110. The molecule has 0 radical (unpaired) electrons. The molecule has 0 heterocycles. The van der Waals surface area contributed by atoms with Gasteiger partial charge in [-0.1, -0.05) is 40.9 Å². The van der Waals surface area contributed by atoms with Gasteiger partial charge < -0.3 is 5.11 Å². The molecule has 1 N–H and O–H groups in total. The number of aryl methyl sites for hydroxylation is 1. The van der Waals surface area contributed by atoms with Crippen LogP contribution in [0.4, 0.5) is 0 Å². The Balaban J connectivity index is 2.94. The fraction of sp³-hybridized carbons (Fsp3) is 0.333. The van der Waals surface area contributed by atoms with E-state index in [1.807, 2.05) is 6.92 Å². The van der Waals surface area contributed by atoms with Crippen molar-refractivity contribution in [2.24, 2.45) is 0 Å². The van der Waals surface area contributed by atoms with Crippen molar-refractivity contribution >= 4 is 34.8 Å². The summed E-state index contributed by atoms with van der Waals surface area (Å²) >= 11 is 16.9. The van der Waals surface area contributed by atoms with E-state index in [0.29, 0.717) is 6.42 Å². The van der Waals surface area contributed by atoms with Gasteiger partial charge >= 0.3 is 0 Å². The van der Waals surface area contributed by atoms with Crippen molar-refractivity contribution in [2.45, 2.75) is 17.1 Å². The third-order valence-electron chi connectivity index (χ3n) is 1.72. The van der Waals surface area contributed by atoms with Gasteiger partial charge in [-0.25, -0.2) is 0 Å². The van der Waals surface area contributed by atoms with Crippen molar-refractivity contribution in [3.63, 3.8) is 0 Å². The molecular formula is C9H9Cl3O. The largest absolute Gasteiger partial charge is 0.508 e. The molecule has 0 bridgehead atoms. The lowest BCUT2D eigenvalue weighted by Gasteiger charge is -2.12. The molecule has 0 fully saturated rings. The second-order valence-electron chi connectivity index (χ2n) is 2.90. The van der Waals surface area contributed by atoms with Crippen LogP contribution in [-0.4, -0.2) is 8.90 Å². The highest BCUT2D eigenvalue weighted by molar-refractivity contribution is 6.67. The van der Waals surface area contributed by atoms with Crippen molar-refractivity contribution in [1.82, 2.24) is 0 Å². The second kappa shape index (κ2) is 3.95. The van der Waals surface area contributed by atoms with E-state index in [0.717, 1.165) is 11.1 Å². The summed E-state index contributed by atoms with van der Waals surface area (Å²) in [7, 11) is 0. The van der Waals surface area contributed by atoms with Crippen LogP contribution in [0.25, 0.3) is 0 Å². The van der Waals surface area contributed by atoms with Gasteiger partial charge in [0.2, 0.25) is 0 Å². The predicted molar refractivity (Wildman–Crippen MR) is 56.8 cm³/mol. The molecule has 0 spiro atoms. The maximum absolute atomic E-state index is 9.21. The summed E-state index contributed by atoms with van der Waals surface area (Å²) < 4.78 is -1.31. The van der Waals surface area contributed by atoms with Gasteiger partial charge in [0, 0.05) is 6.42 Å². The standard InChI is InChI=1S/C9H9Cl3O/c1-6-2-3-8(13)4-7(6)5-9(10,11)12/h2-4,13H,5H2,1H3. The highest BCUT2D eigenvalue weighted by atomic mass is 35.6. The Morgan fingerprint density at radius 2 is 1.92 bits per heavy atom. The Morgan fingerprint density at radius 3 is 2.46 bits per heavy atom. The first kappa shape index (κ1) is 11.0. The van der Waals surface area contributed by atoms with Crippen LogP contribution in [-0.2, 0) is 6.42 Å². The van der Waals surface area contributed by atoms with Crippen LogP contribution in [0, 0.1) is 6.92 Å². The normalized spacial score (nSPS) is 11.7. The van der Waals surface area contributed by atoms with E-state index in [9.17, 15) is 5.11 Å². The molecule has 1 rings (SSSR count). The first-order valence-corrected chi connectivity index (χ1v) is 4.87. The molecule has 72 valence electrons. The molecule has 0 saturated heterocycles. The molecular weight excluding hydrogens is 230 g/mol. The Morgan fingerprint density at radius 1 is 1.31 bits per heavy atom. The summed E-state index contributed by atoms with van der Waals surface area (Å²) in [6.07, 6.45) is 0.303. The number of aromatic hydroxyl groups is 1. The Bertz CT molecular complexity index is 304. The molecule has 13 heavy (non-hydrogen) atoms. The molecule has 0 unspecified atom stereocenters. The Kier molecular flexibility index (Phi) is 3.33. The Labute approximate surface area is 92.2 Å². The molecule has 0 atom stereocenters. The number of phenols is 1. The number of phenolic OH excluding ortho intramolecular Hbond substituents is 1. The molecule has 0 aromatic heterocycles. The van der Waals surface area contributed by atoms with E-state index in [1.54, 1.807) is 18.2 Å². The fourth-order valence-corrected chi connectivity index (χ4v) is 1.50. The van der Waals surface area contributed by atoms with Gasteiger partial charge in [0.25, 0.3) is 0 Å². The fourth-order valence-electron chi connectivity index (χ4n) is 1.06. The molecule has 0 amide bonds. The van der Waals surface area contributed by atoms with Gasteiger partial charge in [0.15, 0.2) is 3.79 Å². The minimum Gasteiger partial charge on any atom is -0.508 e. The van der Waals surface area contributed by atoms with Crippen molar-refractivity contribution in [3.05, 3.63) is 29.3 Å². The van der Waals surface area contributed by atoms with Crippen molar-refractivity contribution in [2.75, 3.05) is 0 Å². The lowest BCUT2D eigenvalue weighted by molar-refractivity contribution is 0.474. The van der Waals surface area contributed by atoms with E-state index in [2.05, 4.69) is 0 Å².